The number of halogens is 1. The van der Waals surface area contributed by atoms with Crippen LogP contribution in [0.1, 0.15) is 36.6 Å². The van der Waals surface area contributed by atoms with Crippen LogP contribution in [0.4, 0.5) is 0 Å². The van der Waals surface area contributed by atoms with Gasteiger partial charge in [-0.2, -0.15) is 0 Å². The Morgan fingerprint density at radius 3 is 2.53 bits per heavy atom. The smallest absolute Gasteiger partial charge is 0.161 e. The minimum absolute atomic E-state index is 0.126. The maximum absolute atomic E-state index is 6.49. The van der Waals surface area contributed by atoms with Crippen molar-refractivity contribution in [3.8, 4) is 11.5 Å². The van der Waals surface area contributed by atoms with E-state index in [0.717, 1.165) is 31.1 Å². The summed E-state index contributed by atoms with van der Waals surface area (Å²) >= 11 is 6.49. The van der Waals surface area contributed by atoms with E-state index in [4.69, 9.17) is 21.1 Å². The van der Waals surface area contributed by atoms with Gasteiger partial charge in [-0.25, -0.2) is 0 Å². The van der Waals surface area contributed by atoms with Gasteiger partial charge in [0.05, 0.1) is 18.6 Å². The van der Waals surface area contributed by atoms with Crippen molar-refractivity contribution in [2.75, 3.05) is 13.2 Å². The van der Waals surface area contributed by atoms with Crippen molar-refractivity contribution in [1.29, 1.82) is 0 Å². The van der Waals surface area contributed by atoms with Gasteiger partial charge in [-0.15, -0.1) is 11.6 Å². The van der Waals surface area contributed by atoms with E-state index >= 15 is 0 Å². The maximum Gasteiger partial charge on any atom is 0.161 e. The molecule has 1 aromatic rings. The van der Waals surface area contributed by atoms with E-state index in [1.54, 1.807) is 0 Å². The second-order valence-electron chi connectivity index (χ2n) is 4.85. The minimum atomic E-state index is 0.126. The monoisotopic (exact) mass is 252 g/mol. The van der Waals surface area contributed by atoms with Gasteiger partial charge in [-0.3, -0.25) is 0 Å². The number of rotatable bonds is 2. The Labute approximate surface area is 107 Å². The molecule has 0 aromatic heterocycles. The summed E-state index contributed by atoms with van der Waals surface area (Å²) in [6.45, 7) is 1.46. The molecule has 1 atom stereocenters. The number of ether oxygens (including phenoxy) is 2. The Hall–Kier alpha value is -0.890. The summed E-state index contributed by atoms with van der Waals surface area (Å²) in [5.74, 6) is 2.34. The predicted molar refractivity (Wildman–Crippen MR) is 68.0 cm³/mol. The molecular weight excluding hydrogens is 236 g/mol. The van der Waals surface area contributed by atoms with Crippen LogP contribution >= 0.6 is 11.6 Å². The third-order valence-electron chi connectivity index (χ3n) is 3.65. The van der Waals surface area contributed by atoms with E-state index in [0.29, 0.717) is 5.92 Å². The molecule has 1 aromatic carbocycles. The molecule has 2 aliphatic rings. The highest BCUT2D eigenvalue weighted by atomic mass is 35.5. The van der Waals surface area contributed by atoms with Crippen LogP contribution < -0.4 is 9.47 Å². The third kappa shape index (κ3) is 2.23. The van der Waals surface area contributed by atoms with E-state index in [2.05, 4.69) is 12.1 Å². The molecule has 0 saturated heterocycles. The zero-order chi connectivity index (χ0) is 11.7. The van der Waals surface area contributed by atoms with Gasteiger partial charge in [0.2, 0.25) is 0 Å². The molecule has 3 rings (SSSR count). The summed E-state index contributed by atoms with van der Waals surface area (Å²) in [4.78, 5) is 0. The maximum atomic E-state index is 6.49. The average molecular weight is 253 g/mol. The second-order valence-corrected chi connectivity index (χ2v) is 5.32. The Balaban J connectivity index is 1.83. The van der Waals surface area contributed by atoms with Crippen LogP contribution in [0.5, 0.6) is 11.5 Å². The van der Waals surface area contributed by atoms with Crippen molar-refractivity contribution in [2.24, 2.45) is 5.92 Å². The first-order valence-corrected chi connectivity index (χ1v) is 6.82. The molecule has 0 bridgehead atoms. The number of alkyl halides is 1. The van der Waals surface area contributed by atoms with Crippen LogP contribution in [0.25, 0.3) is 0 Å². The summed E-state index contributed by atoms with van der Waals surface area (Å²) in [5, 5.41) is 0.126. The molecule has 2 nitrogen and oxygen atoms in total. The van der Waals surface area contributed by atoms with Gasteiger partial charge in [-0.1, -0.05) is 12.5 Å². The molecule has 1 aliphatic heterocycles. The lowest BCUT2D eigenvalue weighted by atomic mass is 9.80. The molecule has 1 saturated carbocycles. The van der Waals surface area contributed by atoms with Crippen LogP contribution in [0.15, 0.2) is 18.2 Å². The van der Waals surface area contributed by atoms with Gasteiger partial charge in [-0.05, 0) is 36.5 Å². The SMILES string of the molecule is ClC(c1ccc2c(c1)OCCCO2)C1CCC1. The zero-order valence-electron chi connectivity index (χ0n) is 9.82. The molecule has 1 aliphatic carbocycles. The molecule has 1 unspecified atom stereocenters. The molecule has 1 fully saturated rings. The lowest BCUT2D eigenvalue weighted by molar-refractivity contribution is 0.296. The molecule has 92 valence electrons. The summed E-state index contributed by atoms with van der Waals surface area (Å²) < 4.78 is 11.3. The molecular formula is C14H17ClO2. The number of benzene rings is 1. The van der Waals surface area contributed by atoms with E-state index in [1.807, 2.05) is 6.07 Å². The van der Waals surface area contributed by atoms with Crippen LogP contribution in [-0.2, 0) is 0 Å². The Kier molecular flexibility index (Phi) is 3.15. The van der Waals surface area contributed by atoms with E-state index in [9.17, 15) is 0 Å². The fourth-order valence-corrected chi connectivity index (χ4v) is 2.74. The first kappa shape index (κ1) is 11.2. The van der Waals surface area contributed by atoms with Crippen molar-refractivity contribution in [2.45, 2.75) is 31.1 Å². The highest BCUT2D eigenvalue weighted by molar-refractivity contribution is 6.21. The van der Waals surface area contributed by atoms with Crippen molar-refractivity contribution in [3.05, 3.63) is 23.8 Å². The van der Waals surface area contributed by atoms with E-state index in [-0.39, 0.29) is 5.38 Å². The van der Waals surface area contributed by atoms with Crippen LogP contribution in [-0.4, -0.2) is 13.2 Å². The first-order valence-electron chi connectivity index (χ1n) is 6.38. The Morgan fingerprint density at radius 1 is 1.06 bits per heavy atom. The summed E-state index contributed by atoms with van der Waals surface area (Å²) in [5.41, 5.74) is 1.17. The van der Waals surface area contributed by atoms with Crippen LogP contribution in [0, 0.1) is 5.92 Å². The van der Waals surface area contributed by atoms with Crippen molar-refractivity contribution in [3.63, 3.8) is 0 Å². The second kappa shape index (κ2) is 4.77. The van der Waals surface area contributed by atoms with Crippen LogP contribution in [0.3, 0.4) is 0 Å². The molecule has 0 radical (unpaired) electrons. The van der Waals surface area contributed by atoms with E-state index < -0.39 is 0 Å². The third-order valence-corrected chi connectivity index (χ3v) is 4.26. The lowest BCUT2D eigenvalue weighted by Gasteiger charge is -2.30. The van der Waals surface area contributed by atoms with Crippen molar-refractivity contribution in [1.82, 2.24) is 0 Å². The molecule has 0 amide bonds. The lowest BCUT2D eigenvalue weighted by Crippen LogP contribution is -2.16. The van der Waals surface area contributed by atoms with Gasteiger partial charge in [0.1, 0.15) is 0 Å². The summed E-state index contributed by atoms with van der Waals surface area (Å²) in [6, 6.07) is 6.12. The molecule has 0 N–H and O–H groups in total. The predicted octanol–water partition coefficient (Wildman–Crippen LogP) is 3.93. The first-order chi connectivity index (χ1) is 8.34. The number of hydrogen-bond donors (Lipinski definition) is 0. The largest absolute Gasteiger partial charge is 0.490 e. The Morgan fingerprint density at radius 2 is 1.82 bits per heavy atom. The van der Waals surface area contributed by atoms with Gasteiger partial charge in [0, 0.05) is 6.42 Å². The highest BCUT2D eigenvalue weighted by Gasteiger charge is 2.27. The zero-order valence-corrected chi connectivity index (χ0v) is 10.6. The number of hydrogen-bond acceptors (Lipinski definition) is 2. The van der Waals surface area contributed by atoms with E-state index in [1.165, 1.54) is 24.8 Å². The van der Waals surface area contributed by atoms with Crippen molar-refractivity contribution >= 4 is 11.6 Å². The van der Waals surface area contributed by atoms with Gasteiger partial charge in [0.25, 0.3) is 0 Å². The van der Waals surface area contributed by atoms with Crippen molar-refractivity contribution < 1.29 is 9.47 Å². The Bertz CT molecular complexity index is 401. The molecule has 0 spiro atoms. The van der Waals surface area contributed by atoms with Gasteiger partial charge in [0.15, 0.2) is 11.5 Å². The minimum Gasteiger partial charge on any atom is -0.490 e. The van der Waals surface area contributed by atoms with Gasteiger partial charge >= 0.3 is 0 Å². The molecule has 1 heterocycles. The topological polar surface area (TPSA) is 18.5 Å². The fourth-order valence-electron chi connectivity index (χ4n) is 2.36. The van der Waals surface area contributed by atoms with Crippen LogP contribution in [0.2, 0.25) is 0 Å². The molecule has 17 heavy (non-hydrogen) atoms. The fraction of sp³-hybridized carbons (Fsp3) is 0.571. The summed E-state index contributed by atoms with van der Waals surface area (Å²) in [7, 11) is 0. The quantitative estimate of drug-likeness (QED) is 0.743. The average Bonchev–Trinajstić information content (AvgIpc) is 2.50. The normalized spacial score (nSPS) is 21.5. The number of fused-ring (bicyclic) bond motifs is 1. The van der Waals surface area contributed by atoms with Gasteiger partial charge < -0.3 is 9.47 Å². The molecule has 3 heteroatoms. The standard InChI is InChI=1S/C14H17ClO2/c15-14(10-3-1-4-10)11-5-6-12-13(9-11)17-8-2-7-16-12/h5-6,9-10,14H,1-4,7-8H2. The summed E-state index contributed by atoms with van der Waals surface area (Å²) in [6.07, 6.45) is 4.76. The highest BCUT2D eigenvalue weighted by Crippen LogP contribution is 2.43.